The first-order valence-corrected chi connectivity index (χ1v) is 15.6. The van der Waals surface area contributed by atoms with Crippen molar-refractivity contribution in [3.05, 3.63) is 95.1 Å². The number of rotatable bonds is 14. The fourth-order valence-electron chi connectivity index (χ4n) is 6.39. The van der Waals surface area contributed by atoms with Crippen molar-refractivity contribution in [1.29, 1.82) is 0 Å². The second kappa shape index (κ2) is 11.0. The van der Waals surface area contributed by atoms with E-state index < -0.39 is 0 Å². The Morgan fingerprint density at radius 3 is 1.07 bits per heavy atom. The smallest absolute Gasteiger partial charge is 0.0984 e. The number of benzene rings is 3. The number of para-hydroxylation sites is 2. The number of ether oxygens (including phenoxy) is 4. The monoisotopic (exact) mass is 568 g/mol. The van der Waals surface area contributed by atoms with Crippen molar-refractivity contribution in [2.75, 3.05) is 62.4 Å². The summed E-state index contributed by atoms with van der Waals surface area (Å²) in [5.74, 6) is 0. The Labute approximate surface area is 250 Å². The lowest BCUT2D eigenvalue weighted by Crippen LogP contribution is -2.34. The Morgan fingerprint density at radius 2 is 0.786 bits per heavy atom. The van der Waals surface area contributed by atoms with Gasteiger partial charge in [0.25, 0.3) is 0 Å². The van der Waals surface area contributed by atoms with Crippen LogP contribution in [0, 0.1) is 0 Å². The molecule has 0 radical (unpaired) electrons. The number of hydrogen-bond acceptors (Lipinski definition) is 6. The molecule has 0 amide bonds. The lowest BCUT2D eigenvalue weighted by molar-refractivity contribution is 0.388. The van der Waals surface area contributed by atoms with Crippen LogP contribution in [0.4, 0.5) is 11.4 Å². The topological polar surface area (TPSA) is 56.6 Å². The van der Waals surface area contributed by atoms with Crippen LogP contribution in [0.15, 0.2) is 72.8 Å². The third-order valence-electron chi connectivity index (χ3n) is 9.47. The van der Waals surface area contributed by atoms with Gasteiger partial charge in [-0.05, 0) is 34.4 Å². The number of nitrogens with zero attached hydrogens (tertiary/aromatic N) is 2. The second-order valence-corrected chi connectivity index (χ2v) is 13.5. The zero-order valence-corrected chi connectivity index (χ0v) is 25.4. The van der Waals surface area contributed by atoms with E-state index >= 15 is 0 Å². The fourth-order valence-corrected chi connectivity index (χ4v) is 6.39. The van der Waals surface area contributed by atoms with Crippen LogP contribution < -0.4 is 9.80 Å². The molecule has 0 aromatic heterocycles. The van der Waals surface area contributed by atoms with Crippen LogP contribution in [0.5, 0.6) is 0 Å². The average Bonchev–Trinajstić information content (AvgIpc) is 3.82. The van der Waals surface area contributed by atoms with E-state index in [1.54, 1.807) is 0 Å². The van der Waals surface area contributed by atoms with E-state index in [0.29, 0.717) is 24.4 Å². The highest BCUT2D eigenvalue weighted by atomic mass is 16.6. The molecule has 4 heterocycles. The molecular formula is C36H44N2O4. The summed E-state index contributed by atoms with van der Waals surface area (Å²) >= 11 is 0. The maximum atomic E-state index is 5.62. The minimum Gasteiger partial charge on any atom is -0.371 e. The predicted octanol–water partition coefficient (Wildman–Crippen LogP) is 5.55. The zero-order chi connectivity index (χ0) is 28.9. The van der Waals surface area contributed by atoms with E-state index in [1.807, 2.05) is 0 Å². The van der Waals surface area contributed by atoms with Gasteiger partial charge in [0, 0.05) is 48.4 Å². The van der Waals surface area contributed by atoms with Gasteiger partial charge < -0.3 is 28.7 Å². The van der Waals surface area contributed by atoms with E-state index in [2.05, 4.69) is 110 Å². The van der Waals surface area contributed by atoms with E-state index in [1.165, 1.54) is 33.6 Å². The number of hydrogen-bond donors (Lipinski definition) is 0. The molecule has 0 bridgehead atoms. The third kappa shape index (κ3) is 6.09. The third-order valence-corrected chi connectivity index (χ3v) is 9.47. The highest BCUT2D eigenvalue weighted by Gasteiger charge is 2.36. The van der Waals surface area contributed by atoms with Gasteiger partial charge in [-0.25, -0.2) is 0 Å². The van der Waals surface area contributed by atoms with Crippen molar-refractivity contribution in [3.8, 4) is 0 Å². The van der Waals surface area contributed by atoms with Gasteiger partial charge in [0.05, 0.1) is 50.8 Å². The van der Waals surface area contributed by atoms with Crippen LogP contribution in [0.25, 0.3) is 0 Å². The molecule has 0 N–H and O–H groups in total. The molecule has 3 aromatic carbocycles. The summed E-state index contributed by atoms with van der Waals surface area (Å²) in [5, 5.41) is 0. The Balaban J connectivity index is 1.16. The maximum Gasteiger partial charge on any atom is 0.0984 e. The highest BCUT2D eigenvalue weighted by molar-refractivity contribution is 5.62. The first-order chi connectivity index (χ1) is 20.3. The van der Waals surface area contributed by atoms with Gasteiger partial charge in [0.15, 0.2) is 0 Å². The predicted molar refractivity (Wildman–Crippen MR) is 167 cm³/mol. The first-order valence-electron chi connectivity index (χ1n) is 15.6. The van der Waals surface area contributed by atoms with E-state index in [9.17, 15) is 0 Å². The Kier molecular flexibility index (Phi) is 7.30. The fraction of sp³-hybridized carbons (Fsp3) is 0.500. The summed E-state index contributed by atoms with van der Waals surface area (Å²) in [6.45, 7) is 16.5. The van der Waals surface area contributed by atoms with Crippen molar-refractivity contribution in [1.82, 2.24) is 0 Å². The zero-order valence-electron chi connectivity index (χ0n) is 25.4. The van der Waals surface area contributed by atoms with Gasteiger partial charge in [0.1, 0.15) is 0 Å². The van der Waals surface area contributed by atoms with Crippen LogP contribution in [0.1, 0.15) is 49.9 Å². The van der Waals surface area contributed by atoms with Crippen molar-refractivity contribution >= 4 is 11.4 Å². The van der Waals surface area contributed by atoms with Crippen LogP contribution in [-0.2, 0) is 29.8 Å². The normalized spacial score (nSPS) is 24.3. The largest absolute Gasteiger partial charge is 0.371 e. The Hall–Kier alpha value is -2.90. The van der Waals surface area contributed by atoms with Crippen LogP contribution in [0.3, 0.4) is 0 Å². The molecule has 3 aromatic rings. The van der Waals surface area contributed by atoms with Crippen molar-refractivity contribution < 1.29 is 18.9 Å². The molecule has 6 heteroatoms. The van der Waals surface area contributed by atoms with E-state index in [4.69, 9.17) is 18.9 Å². The minimum atomic E-state index is -0.171. The van der Waals surface area contributed by atoms with Gasteiger partial charge in [0.2, 0.25) is 0 Å². The molecule has 7 rings (SSSR count). The Morgan fingerprint density at radius 1 is 0.500 bits per heavy atom. The lowest BCUT2D eigenvalue weighted by Gasteiger charge is -2.35. The molecule has 42 heavy (non-hydrogen) atoms. The molecule has 4 aliphatic heterocycles. The van der Waals surface area contributed by atoms with Gasteiger partial charge in [-0.1, -0.05) is 88.4 Å². The van der Waals surface area contributed by atoms with Crippen LogP contribution >= 0.6 is 0 Å². The molecule has 4 aliphatic rings. The number of epoxide rings is 4. The molecule has 4 atom stereocenters. The van der Waals surface area contributed by atoms with Crippen molar-refractivity contribution in [2.45, 2.75) is 62.9 Å². The second-order valence-electron chi connectivity index (χ2n) is 13.5. The van der Waals surface area contributed by atoms with E-state index in [-0.39, 0.29) is 10.8 Å². The molecule has 0 aliphatic carbocycles. The van der Waals surface area contributed by atoms with Gasteiger partial charge >= 0.3 is 0 Å². The standard InChI is InChI=1S/C36H44N2O4/c1-35(2,31-9-5-7-11-33(31)37(17-27-21-39-27)18-28-22-40-28)25-13-15-26(16-14-25)36(3,4)32-10-6-8-12-34(32)38(19-29-23-41-29)20-30-24-42-30/h5-16,27-30H,17-24H2,1-4H3. The summed E-state index contributed by atoms with van der Waals surface area (Å²) < 4.78 is 22.5. The molecular weight excluding hydrogens is 524 g/mol. The lowest BCUT2D eigenvalue weighted by atomic mass is 9.73. The summed E-state index contributed by atoms with van der Waals surface area (Å²) in [6, 6.07) is 27.1. The average molecular weight is 569 g/mol. The van der Waals surface area contributed by atoms with Crippen LogP contribution in [0.2, 0.25) is 0 Å². The summed E-state index contributed by atoms with van der Waals surface area (Å²) in [4.78, 5) is 4.96. The molecule has 4 saturated heterocycles. The molecule has 0 saturated carbocycles. The Bertz CT molecular complexity index is 1250. The molecule has 4 unspecified atom stereocenters. The summed E-state index contributed by atoms with van der Waals surface area (Å²) in [6.07, 6.45) is 1.31. The van der Waals surface area contributed by atoms with Gasteiger partial charge in [-0.3, -0.25) is 0 Å². The van der Waals surface area contributed by atoms with Crippen molar-refractivity contribution in [2.24, 2.45) is 0 Å². The van der Waals surface area contributed by atoms with E-state index in [0.717, 1.165) is 52.6 Å². The summed E-state index contributed by atoms with van der Waals surface area (Å²) in [5.41, 5.74) is 7.52. The molecule has 4 fully saturated rings. The van der Waals surface area contributed by atoms with Gasteiger partial charge in [-0.2, -0.15) is 0 Å². The van der Waals surface area contributed by atoms with Crippen LogP contribution in [-0.4, -0.2) is 77.0 Å². The minimum absolute atomic E-state index is 0.171. The quantitative estimate of drug-likeness (QED) is 0.238. The molecule has 222 valence electrons. The summed E-state index contributed by atoms with van der Waals surface area (Å²) in [7, 11) is 0. The SMILES string of the molecule is CC(C)(c1ccc(C(C)(C)c2ccccc2N(CC2CO2)CC2CO2)cc1)c1ccccc1N(CC1CO1)CC1CO1. The van der Waals surface area contributed by atoms with Crippen molar-refractivity contribution in [3.63, 3.8) is 0 Å². The molecule has 0 spiro atoms. The number of anilines is 2. The highest BCUT2D eigenvalue weighted by Crippen LogP contribution is 2.42. The maximum absolute atomic E-state index is 5.62. The first kappa shape index (κ1) is 27.9. The van der Waals surface area contributed by atoms with Gasteiger partial charge in [-0.15, -0.1) is 0 Å². The molecule has 6 nitrogen and oxygen atoms in total.